The molecule has 0 spiro atoms. The quantitative estimate of drug-likeness (QED) is 0.0777. The number of esters is 1. The van der Waals surface area contributed by atoms with Gasteiger partial charge in [-0.1, -0.05) is 6.07 Å². The van der Waals surface area contributed by atoms with E-state index in [9.17, 15) is 44.7 Å². The third kappa shape index (κ3) is 5.41. The van der Waals surface area contributed by atoms with Crippen LogP contribution in [0.25, 0.3) is 22.1 Å². The number of hydrogen-bond donors (Lipinski definition) is 0. The van der Waals surface area contributed by atoms with Gasteiger partial charge >= 0.3 is 12.1 Å². The van der Waals surface area contributed by atoms with Crippen LogP contribution in [0.4, 0.5) is 35.1 Å². The van der Waals surface area contributed by atoms with E-state index < -0.39 is 81.2 Å². The molecule has 0 saturated heterocycles. The molecule has 1 heterocycles. The van der Waals surface area contributed by atoms with Crippen LogP contribution in [0.3, 0.4) is 0 Å². The van der Waals surface area contributed by atoms with Crippen LogP contribution >= 0.6 is 0 Å². The van der Waals surface area contributed by atoms with Crippen molar-refractivity contribution in [2.75, 3.05) is 14.2 Å². The minimum atomic E-state index is -5.17. The second-order valence-electron chi connectivity index (χ2n) is 8.44. The van der Waals surface area contributed by atoms with Crippen LogP contribution in [0, 0.1) is 29.1 Å². The summed E-state index contributed by atoms with van der Waals surface area (Å²) >= 11 is 0. The number of methoxy groups -OCH3 is 2. The SMILES string of the molecule is COc1ccc(-c2c(C(F)(F)F)oc3cc(OC(=O)C(C)Oc4c(F)c(F)c(F)c(F)c4F)ccc3c2=O)cc1OC. The molecule has 0 N–H and O–H groups in total. The highest BCUT2D eigenvalue weighted by Crippen LogP contribution is 2.40. The fraction of sp³-hybridized carbons (Fsp3) is 0.185. The average molecular weight is 604 g/mol. The molecule has 1 atom stereocenters. The van der Waals surface area contributed by atoms with Gasteiger partial charge in [0.2, 0.25) is 40.3 Å². The number of benzene rings is 3. The number of fused-ring (bicyclic) bond motifs is 1. The fourth-order valence-electron chi connectivity index (χ4n) is 3.80. The maximum Gasteiger partial charge on any atom is 0.450 e. The van der Waals surface area contributed by atoms with Crippen LogP contribution < -0.4 is 24.4 Å². The summed E-state index contributed by atoms with van der Waals surface area (Å²) in [5.74, 6) is -16.9. The molecular weight excluding hydrogens is 588 g/mol. The standard InChI is InChI=1S/C27H16F8O7/c1-10(40-24-21(31)19(29)18(28)20(30)22(24)32)26(37)41-12-5-6-13-15(9-12)42-25(27(33,34)35)17(23(13)36)11-4-7-14(38-2)16(8-11)39-3/h4-10H,1-3H3. The van der Waals surface area contributed by atoms with E-state index in [2.05, 4.69) is 4.74 Å². The second-order valence-corrected chi connectivity index (χ2v) is 8.44. The molecule has 42 heavy (non-hydrogen) atoms. The van der Waals surface area contributed by atoms with Crippen molar-refractivity contribution in [2.24, 2.45) is 0 Å². The lowest BCUT2D eigenvalue weighted by atomic mass is 10.0. The minimum absolute atomic E-state index is 0.0343. The van der Waals surface area contributed by atoms with Crippen molar-refractivity contribution in [2.45, 2.75) is 19.2 Å². The highest BCUT2D eigenvalue weighted by Gasteiger charge is 2.40. The summed E-state index contributed by atoms with van der Waals surface area (Å²) < 4.78 is 135. The Morgan fingerprint density at radius 3 is 2.00 bits per heavy atom. The first-order chi connectivity index (χ1) is 19.7. The molecular formula is C27H16F8O7. The normalized spacial score (nSPS) is 12.3. The highest BCUT2D eigenvalue weighted by molar-refractivity contribution is 5.85. The van der Waals surface area contributed by atoms with Gasteiger partial charge in [0, 0.05) is 6.07 Å². The Balaban J connectivity index is 1.71. The van der Waals surface area contributed by atoms with Crippen LogP contribution in [0.1, 0.15) is 12.7 Å². The van der Waals surface area contributed by atoms with E-state index in [1.54, 1.807) is 0 Å². The van der Waals surface area contributed by atoms with Crippen molar-refractivity contribution in [1.82, 2.24) is 0 Å². The number of carbonyl (C=O) groups excluding carboxylic acids is 1. The van der Waals surface area contributed by atoms with E-state index in [0.29, 0.717) is 0 Å². The zero-order chi connectivity index (χ0) is 31.1. The van der Waals surface area contributed by atoms with E-state index in [-0.39, 0.29) is 22.4 Å². The summed E-state index contributed by atoms with van der Waals surface area (Å²) in [5, 5.41) is -0.349. The molecule has 0 aliphatic carbocycles. The Morgan fingerprint density at radius 2 is 1.43 bits per heavy atom. The molecule has 0 radical (unpaired) electrons. The molecule has 0 saturated carbocycles. The molecule has 0 fully saturated rings. The number of ether oxygens (including phenoxy) is 4. The van der Waals surface area contributed by atoms with Crippen LogP contribution in [0.2, 0.25) is 0 Å². The van der Waals surface area contributed by atoms with Gasteiger partial charge in [0.25, 0.3) is 0 Å². The summed E-state index contributed by atoms with van der Waals surface area (Å²) in [6.45, 7) is 0.846. The number of alkyl halides is 3. The average Bonchev–Trinajstić information content (AvgIpc) is 2.96. The van der Waals surface area contributed by atoms with Gasteiger partial charge in [-0.25, -0.2) is 18.0 Å². The van der Waals surface area contributed by atoms with Crippen LogP contribution in [0.15, 0.2) is 45.6 Å². The second kappa shape index (κ2) is 11.2. The summed E-state index contributed by atoms with van der Waals surface area (Å²) in [4.78, 5) is 25.6. The summed E-state index contributed by atoms with van der Waals surface area (Å²) in [7, 11) is 2.55. The molecule has 15 heteroatoms. The molecule has 0 aliphatic heterocycles. The predicted octanol–water partition coefficient (Wildman–Crippen LogP) is 6.56. The zero-order valence-electron chi connectivity index (χ0n) is 21.4. The topological polar surface area (TPSA) is 84.2 Å². The molecule has 7 nitrogen and oxygen atoms in total. The van der Waals surface area contributed by atoms with E-state index in [4.69, 9.17) is 18.6 Å². The van der Waals surface area contributed by atoms with Crippen molar-refractivity contribution in [1.29, 1.82) is 0 Å². The summed E-state index contributed by atoms with van der Waals surface area (Å²) in [6, 6.07) is 6.37. The van der Waals surface area contributed by atoms with Gasteiger partial charge in [-0.2, -0.15) is 22.0 Å². The first-order valence-corrected chi connectivity index (χ1v) is 11.5. The number of halogens is 8. The van der Waals surface area contributed by atoms with Crippen LogP contribution in [-0.2, 0) is 11.0 Å². The Hall–Kier alpha value is -4.82. The van der Waals surface area contributed by atoms with Gasteiger partial charge in [0.1, 0.15) is 11.3 Å². The molecule has 1 unspecified atom stereocenters. The van der Waals surface area contributed by atoms with Gasteiger partial charge in [0.05, 0.1) is 25.2 Å². The molecule has 0 aliphatic rings. The maximum atomic E-state index is 14.0. The number of carbonyl (C=O) groups is 1. The highest BCUT2D eigenvalue weighted by atomic mass is 19.4. The zero-order valence-corrected chi connectivity index (χ0v) is 21.4. The van der Waals surface area contributed by atoms with Crippen LogP contribution in [-0.4, -0.2) is 26.3 Å². The maximum absolute atomic E-state index is 14.0. The van der Waals surface area contributed by atoms with Gasteiger partial charge < -0.3 is 23.4 Å². The van der Waals surface area contributed by atoms with Gasteiger partial charge in [-0.05, 0) is 36.8 Å². The lowest BCUT2D eigenvalue weighted by molar-refractivity contribution is -0.152. The predicted molar refractivity (Wildman–Crippen MR) is 128 cm³/mol. The van der Waals surface area contributed by atoms with E-state index >= 15 is 0 Å². The monoisotopic (exact) mass is 604 g/mol. The smallest absolute Gasteiger partial charge is 0.450 e. The van der Waals surface area contributed by atoms with E-state index in [0.717, 1.165) is 31.2 Å². The van der Waals surface area contributed by atoms with Crippen molar-refractivity contribution >= 4 is 16.9 Å². The van der Waals surface area contributed by atoms with Gasteiger partial charge in [-0.3, -0.25) is 4.79 Å². The first kappa shape index (κ1) is 30.1. The minimum Gasteiger partial charge on any atom is -0.493 e. The van der Waals surface area contributed by atoms with Crippen molar-refractivity contribution in [3.63, 3.8) is 0 Å². The molecule has 4 rings (SSSR count). The Bertz CT molecular complexity index is 1740. The van der Waals surface area contributed by atoms with Crippen LogP contribution in [0.5, 0.6) is 23.0 Å². The third-order valence-corrected chi connectivity index (χ3v) is 5.81. The molecule has 222 valence electrons. The van der Waals surface area contributed by atoms with Crippen molar-refractivity contribution in [3.05, 3.63) is 81.5 Å². The van der Waals surface area contributed by atoms with E-state index in [1.165, 1.54) is 26.4 Å². The molecule has 0 bridgehead atoms. The molecule has 3 aromatic carbocycles. The van der Waals surface area contributed by atoms with Gasteiger partial charge in [-0.15, -0.1) is 0 Å². The summed E-state index contributed by atoms with van der Waals surface area (Å²) in [6.07, 6.45) is -7.14. The molecule has 4 aromatic rings. The third-order valence-electron chi connectivity index (χ3n) is 5.81. The lowest BCUT2D eigenvalue weighted by Crippen LogP contribution is -2.29. The molecule has 1 aromatic heterocycles. The fourth-order valence-corrected chi connectivity index (χ4v) is 3.80. The number of hydrogen-bond acceptors (Lipinski definition) is 7. The molecule has 0 amide bonds. The lowest BCUT2D eigenvalue weighted by Gasteiger charge is -2.16. The first-order valence-electron chi connectivity index (χ1n) is 11.5. The van der Waals surface area contributed by atoms with Gasteiger partial charge in [0.15, 0.2) is 23.4 Å². The number of rotatable bonds is 7. The Labute approximate surface area is 229 Å². The van der Waals surface area contributed by atoms with Crippen molar-refractivity contribution in [3.8, 4) is 34.1 Å². The Kier molecular flexibility index (Phi) is 8.05. The summed E-state index contributed by atoms with van der Waals surface area (Å²) in [5.41, 5.74) is -2.80. The Morgan fingerprint density at radius 1 is 0.833 bits per heavy atom. The largest absolute Gasteiger partial charge is 0.493 e. The van der Waals surface area contributed by atoms with E-state index in [1.807, 2.05) is 0 Å². The van der Waals surface area contributed by atoms with Crippen molar-refractivity contribution < 1.29 is 63.3 Å².